The number of aromatic nitrogens is 1. The molecule has 0 N–H and O–H groups in total. The third kappa shape index (κ3) is 10.0. The molecular weight excluding hydrogens is 491 g/mol. The van der Waals surface area contributed by atoms with Crippen molar-refractivity contribution in [3.8, 4) is 0 Å². The number of halogens is 1. The van der Waals surface area contributed by atoms with Gasteiger partial charge in [0.15, 0.2) is 6.20 Å². The zero-order valence-corrected chi connectivity index (χ0v) is 19.9. The zero-order valence-electron chi connectivity index (χ0n) is 17.8. The number of rotatable bonds is 9. The van der Waals surface area contributed by atoms with E-state index in [-0.39, 0.29) is 62.9 Å². The van der Waals surface area contributed by atoms with E-state index in [0.29, 0.717) is 0 Å². The fourth-order valence-corrected chi connectivity index (χ4v) is 2.21. The molecule has 0 bridgehead atoms. The minimum Gasteiger partial charge on any atom is -1.00 e. The van der Waals surface area contributed by atoms with Crippen LogP contribution >= 0.6 is 0 Å². The Kier molecular flexibility index (Phi) is 12.7. The third-order valence-electron chi connectivity index (χ3n) is 3.82. The number of imide groups is 1. The smallest absolute Gasteiger partial charge is 0.417 e. The van der Waals surface area contributed by atoms with Gasteiger partial charge in [0.1, 0.15) is 26.3 Å². The first-order valence-electron chi connectivity index (χ1n) is 9.34. The van der Waals surface area contributed by atoms with Gasteiger partial charge in [0, 0.05) is 19.1 Å². The van der Waals surface area contributed by atoms with Crippen LogP contribution in [0.4, 0.5) is 4.79 Å². The van der Waals surface area contributed by atoms with Crippen molar-refractivity contribution in [2.24, 2.45) is 5.41 Å². The van der Waals surface area contributed by atoms with Crippen molar-refractivity contribution >= 4 is 18.0 Å². The summed E-state index contributed by atoms with van der Waals surface area (Å²) in [6.07, 6.45) is 1.17. The minimum atomic E-state index is -0.721. The number of hydrogen-bond acceptors (Lipinski definition) is 6. The van der Waals surface area contributed by atoms with Gasteiger partial charge in [-0.2, -0.15) is 0 Å². The first-order chi connectivity index (χ1) is 13.2. The molecule has 1 aromatic rings. The molecule has 1 heterocycles. The van der Waals surface area contributed by atoms with Crippen molar-refractivity contribution in [1.82, 2.24) is 4.90 Å². The molecule has 1 rings (SSSR count). The van der Waals surface area contributed by atoms with Crippen molar-refractivity contribution in [1.29, 1.82) is 0 Å². The second-order valence-electron chi connectivity index (χ2n) is 7.20. The molecule has 2 amide bonds. The lowest BCUT2D eigenvalue weighted by molar-refractivity contribution is -0.701. The SMILES string of the molecule is CC[n+]1ccccc1CN(C(C)=O)C(=O)OCCOCCOC(=O)C(C)(C)C.[I-]. The number of aryl methyl sites for hydroxylation is 1. The zero-order chi connectivity index (χ0) is 21.2. The summed E-state index contributed by atoms with van der Waals surface area (Å²) in [5, 5.41) is 0. The summed E-state index contributed by atoms with van der Waals surface area (Å²) in [6.45, 7) is 9.96. The Balaban J connectivity index is 0.00000784. The van der Waals surface area contributed by atoms with Crippen molar-refractivity contribution in [3.05, 3.63) is 30.1 Å². The highest BCUT2D eigenvalue weighted by atomic mass is 127. The molecule has 8 nitrogen and oxygen atoms in total. The molecule has 0 aliphatic heterocycles. The van der Waals surface area contributed by atoms with Crippen LogP contribution in [0.1, 0.15) is 40.3 Å². The molecule has 0 aliphatic rings. The van der Waals surface area contributed by atoms with Crippen molar-refractivity contribution in [2.75, 3.05) is 26.4 Å². The first-order valence-corrected chi connectivity index (χ1v) is 9.34. The molecule has 9 heteroatoms. The maximum absolute atomic E-state index is 12.2. The Morgan fingerprint density at radius 2 is 1.66 bits per heavy atom. The van der Waals surface area contributed by atoms with Gasteiger partial charge in [-0.15, -0.1) is 0 Å². The number of carbonyl (C=O) groups excluding carboxylic acids is 3. The van der Waals surface area contributed by atoms with E-state index < -0.39 is 17.4 Å². The second kappa shape index (κ2) is 13.5. The number of amides is 2. The van der Waals surface area contributed by atoms with Crippen LogP contribution in [-0.4, -0.2) is 49.3 Å². The molecule has 1 aromatic heterocycles. The second-order valence-corrected chi connectivity index (χ2v) is 7.20. The Labute approximate surface area is 189 Å². The summed E-state index contributed by atoms with van der Waals surface area (Å²) in [5.74, 6) is -0.698. The third-order valence-corrected chi connectivity index (χ3v) is 3.82. The average molecular weight is 522 g/mol. The van der Waals surface area contributed by atoms with Crippen LogP contribution in [0.3, 0.4) is 0 Å². The quantitative estimate of drug-likeness (QED) is 0.181. The van der Waals surface area contributed by atoms with E-state index in [1.807, 2.05) is 35.9 Å². The highest BCUT2D eigenvalue weighted by molar-refractivity contribution is 5.90. The monoisotopic (exact) mass is 522 g/mol. The minimum absolute atomic E-state index is 0. The molecule has 164 valence electrons. The van der Waals surface area contributed by atoms with E-state index in [1.54, 1.807) is 20.8 Å². The fourth-order valence-electron chi connectivity index (χ4n) is 2.21. The van der Waals surface area contributed by atoms with Gasteiger partial charge in [-0.05, 0) is 27.7 Å². The van der Waals surface area contributed by atoms with Crippen LogP contribution < -0.4 is 28.5 Å². The van der Waals surface area contributed by atoms with Gasteiger partial charge in [0.05, 0.1) is 18.6 Å². The molecule has 0 saturated carbocycles. The van der Waals surface area contributed by atoms with Crippen molar-refractivity contribution < 1.29 is 57.1 Å². The molecule has 0 atom stereocenters. The van der Waals surface area contributed by atoms with Gasteiger partial charge in [-0.25, -0.2) is 14.3 Å². The Morgan fingerprint density at radius 3 is 2.21 bits per heavy atom. The number of nitrogens with zero attached hydrogens (tertiary/aromatic N) is 2. The lowest BCUT2D eigenvalue weighted by atomic mass is 9.97. The summed E-state index contributed by atoms with van der Waals surface area (Å²) in [4.78, 5) is 36.7. The number of pyridine rings is 1. The predicted octanol–water partition coefficient (Wildman–Crippen LogP) is -0.911. The number of carbonyl (C=O) groups is 3. The topological polar surface area (TPSA) is 86.0 Å². The molecule has 0 aromatic carbocycles. The maximum atomic E-state index is 12.2. The number of hydrogen-bond donors (Lipinski definition) is 0. The van der Waals surface area contributed by atoms with Gasteiger partial charge in [-0.1, -0.05) is 6.07 Å². The van der Waals surface area contributed by atoms with Crippen molar-refractivity contribution in [3.63, 3.8) is 0 Å². The van der Waals surface area contributed by atoms with E-state index in [0.717, 1.165) is 17.1 Å². The van der Waals surface area contributed by atoms with Gasteiger partial charge in [0.25, 0.3) is 0 Å². The summed E-state index contributed by atoms with van der Waals surface area (Å²) >= 11 is 0. The van der Waals surface area contributed by atoms with Crippen LogP contribution in [0.5, 0.6) is 0 Å². The molecule has 0 aliphatic carbocycles. The van der Waals surface area contributed by atoms with E-state index in [1.165, 1.54) is 6.92 Å². The van der Waals surface area contributed by atoms with E-state index >= 15 is 0 Å². The standard InChI is InChI=1S/C20H31N2O6.HI/c1-6-21-10-8-7-9-17(21)15-22(16(2)23)19(25)28-14-12-26-11-13-27-18(24)20(3,4)5;/h7-10H,6,11-15H2,1-5H3;1H/q+1;/p-1. The Morgan fingerprint density at radius 1 is 1.03 bits per heavy atom. The molecule has 0 unspecified atom stereocenters. The van der Waals surface area contributed by atoms with Crippen LogP contribution in [0.15, 0.2) is 24.4 Å². The van der Waals surface area contributed by atoms with Crippen LogP contribution in [-0.2, 0) is 36.9 Å². The highest BCUT2D eigenvalue weighted by Gasteiger charge is 2.24. The van der Waals surface area contributed by atoms with Crippen LogP contribution in [0, 0.1) is 5.41 Å². The number of ether oxygens (including phenoxy) is 3. The first kappa shape index (κ1) is 27.2. The molecule has 0 saturated heterocycles. The molecule has 0 fully saturated rings. The molecule has 0 radical (unpaired) electrons. The summed E-state index contributed by atoms with van der Waals surface area (Å²) < 4.78 is 17.4. The molecule has 29 heavy (non-hydrogen) atoms. The largest absolute Gasteiger partial charge is 1.00 e. The van der Waals surface area contributed by atoms with Gasteiger partial charge < -0.3 is 38.2 Å². The van der Waals surface area contributed by atoms with Crippen LogP contribution in [0.25, 0.3) is 0 Å². The van der Waals surface area contributed by atoms with Crippen molar-refractivity contribution in [2.45, 2.75) is 47.7 Å². The summed E-state index contributed by atoms with van der Waals surface area (Å²) in [7, 11) is 0. The lowest BCUT2D eigenvalue weighted by Crippen LogP contribution is -3.00. The highest BCUT2D eigenvalue weighted by Crippen LogP contribution is 2.14. The summed E-state index contributed by atoms with van der Waals surface area (Å²) in [6, 6.07) is 5.60. The lowest BCUT2D eigenvalue weighted by Gasteiger charge is -2.18. The average Bonchev–Trinajstić information content (AvgIpc) is 2.64. The van der Waals surface area contributed by atoms with Gasteiger partial charge in [0.2, 0.25) is 11.6 Å². The predicted molar refractivity (Wildman–Crippen MR) is 101 cm³/mol. The maximum Gasteiger partial charge on any atom is 0.417 e. The fraction of sp³-hybridized carbons (Fsp3) is 0.600. The molecular formula is C20H31IN2O6. The normalized spacial score (nSPS) is 10.7. The number of esters is 1. The van der Waals surface area contributed by atoms with Gasteiger partial charge in [-0.3, -0.25) is 9.59 Å². The van der Waals surface area contributed by atoms with E-state index in [2.05, 4.69) is 0 Å². The Hall–Kier alpha value is -1.75. The van der Waals surface area contributed by atoms with Crippen LogP contribution in [0.2, 0.25) is 0 Å². The van der Waals surface area contributed by atoms with E-state index in [4.69, 9.17) is 14.2 Å². The van der Waals surface area contributed by atoms with Gasteiger partial charge >= 0.3 is 12.1 Å². The Bertz CT molecular complexity index is 675. The molecule has 0 spiro atoms. The van der Waals surface area contributed by atoms with E-state index in [9.17, 15) is 14.4 Å². The summed E-state index contributed by atoms with van der Waals surface area (Å²) in [5.41, 5.74) is 0.273.